The molecule has 37 heavy (non-hydrogen) atoms. The summed E-state index contributed by atoms with van der Waals surface area (Å²) in [5.41, 5.74) is -1.08. The number of halogens is 4. The van der Waals surface area contributed by atoms with Gasteiger partial charge >= 0.3 is 6.18 Å². The molecule has 0 saturated carbocycles. The van der Waals surface area contributed by atoms with E-state index in [4.69, 9.17) is 4.74 Å². The lowest BCUT2D eigenvalue weighted by Gasteiger charge is -2.45. The van der Waals surface area contributed by atoms with Crippen LogP contribution in [0.15, 0.2) is 61.1 Å². The van der Waals surface area contributed by atoms with Crippen LogP contribution >= 0.6 is 0 Å². The van der Waals surface area contributed by atoms with Gasteiger partial charge in [0, 0.05) is 12.6 Å². The van der Waals surface area contributed by atoms with Crippen LogP contribution in [0.1, 0.15) is 34.6 Å². The number of aliphatic hydroxyl groups excluding tert-OH is 3. The first-order valence-electron chi connectivity index (χ1n) is 11.1. The van der Waals surface area contributed by atoms with Crippen molar-refractivity contribution in [2.45, 2.75) is 43.7 Å². The van der Waals surface area contributed by atoms with Crippen LogP contribution in [0.4, 0.5) is 17.6 Å². The molecular weight excluding hydrogens is 500 g/mol. The lowest BCUT2D eigenvalue weighted by Crippen LogP contribution is -2.61. The standard InChI is InChI=1S/C24H26F4N4O5/c1-4-6-16(25)9-13(2)17-11-32(30-29-17)19-20(34)18(12-33)37-23(21(19)35)31(3)22(36)14-7-5-8-15(10-14)24(26,27)28/h4-11,18-21,23,33-35H,2,12H2,1,3H3/b6-4-,16-9+/t18?,19?,20-,21?,23+/m0/s1. The number of allylic oxidation sites excluding steroid dienone is 5. The third-order valence-corrected chi connectivity index (χ3v) is 5.79. The fourth-order valence-corrected chi connectivity index (χ4v) is 3.88. The highest BCUT2D eigenvalue weighted by molar-refractivity contribution is 5.94. The van der Waals surface area contributed by atoms with Gasteiger partial charge in [0.15, 0.2) is 6.23 Å². The van der Waals surface area contributed by atoms with E-state index >= 15 is 0 Å². The highest BCUT2D eigenvalue weighted by atomic mass is 19.4. The number of carbonyl (C=O) groups excluding carboxylic acids is 1. The molecule has 0 radical (unpaired) electrons. The van der Waals surface area contributed by atoms with E-state index in [2.05, 4.69) is 16.9 Å². The van der Waals surface area contributed by atoms with Crippen LogP contribution in [0, 0.1) is 0 Å². The van der Waals surface area contributed by atoms with Gasteiger partial charge in [0.1, 0.15) is 35.9 Å². The minimum absolute atomic E-state index is 0.121. The number of nitrogens with zero attached hydrogens (tertiary/aromatic N) is 4. The normalized spacial score (nSPS) is 24.9. The van der Waals surface area contributed by atoms with Gasteiger partial charge in [-0.05, 0) is 42.8 Å². The summed E-state index contributed by atoms with van der Waals surface area (Å²) in [6.07, 6.45) is -5.56. The van der Waals surface area contributed by atoms with Gasteiger partial charge in [-0.3, -0.25) is 4.79 Å². The molecule has 5 atom stereocenters. The molecule has 3 unspecified atom stereocenters. The van der Waals surface area contributed by atoms with Crippen molar-refractivity contribution in [1.29, 1.82) is 0 Å². The van der Waals surface area contributed by atoms with Crippen LogP contribution in [-0.4, -0.2) is 79.3 Å². The molecule has 1 amide bonds. The summed E-state index contributed by atoms with van der Waals surface area (Å²) in [6, 6.07) is 2.43. The summed E-state index contributed by atoms with van der Waals surface area (Å²) in [5, 5.41) is 39.2. The largest absolute Gasteiger partial charge is 0.416 e. The van der Waals surface area contributed by atoms with Crippen molar-refractivity contribution in [3.63, 3.8) is 0 Å². The van der Waals surface area contributed by atoms with Crippen molar-refractivity contribution in [3.8, 4) is 0 Å². The van der Waals surface area contributed by atoms with Gasteiger partial charge in [0.05, 0.1) is 18.4 Å². The molecule has 0 bridgehead atoms. The van der Waals surface area contributed by atoms with Crippen LogP contribution in [0.25, 0.3) is 5.57 Å². The van der Waals surface area contributed by atoms with Crippen molar-refractivity contribution in [2.75, 3.05) is 13.7 Å². The SMILES string of the molecule is C=C(/C=C(F)\C=C/C)c1cn(C2C(O)[C@H](N(C)C(=O)c3cccc(C(F)(F)F)c3)OC(CO)[C@@H]2O)nn1. The molecule has 2 heterocycles. The van der Waals surface area contributed by atoms with Crippen LogP contribution in [0.3, 0.4) is 0 Å². The minimum atomic E-state index is -4.67. The van der Waals surface area contributed by atoms with Crippen molar-refractivity contribution in [1.82, 2.24) is 19.9 Å². The maximum atomic E-state index is 13.8. The van der Waals surface area contributed by atoms with Gasteiger partial charge in [0.25, 0.3) is 5.91 Å². The average Bonchev–Trinajstić information content (AvgIpc) is 3.33. The summed E-state index contributed by atoms with van der Waals surface area (Å²) < 4.78 is 59.7. The Morgan fingerprint density at radius 2 is 2.00 bits per heavy atom. The molecule has 1 fully saturated rings. The fraction of sp³-hybridized carbons (Fsp3) is 0.375. The zero-order valence-corrected chi connectivity index (χ0v) is 19.9. The number of alkyl halides is 3. The zero-order valence-electron chi connectivity index (χ0n) is 19.9. The van der Waals surface area contributed by atoms with E-state index in [-0.39, 0.29) is 16.8 Å². The van der Waals surface area contributed by atoms with Gasteiger partial charge in [0.2, 0.25) is 0 Å². The molecule has 1 aromatic heterocycles. The molecule has 3 rings (SSSR count). The molecule has 1 aliphatic heterocycles. The van der Waals surface area contributed by atoms with Crippen LogP contribution in [0.5, 0.6) is 0 Å². The number of aromatic nitrogens is 3. The molecule has 2 aromatic rings. The van der Waals surface area contributed by atoms with E-state index in [1.54, 1.807) is 6.92 Å². The molecular formula is C24H26F4N4O5. The topological polar surface area (TPSA) is 121 Å². The third kappa shape index (κ3) is 6.13. The number of carbonyl (C=O) groups is 1. The number of benzene rings is 1. The van der Waals surface area contributed by atoms with E-state index in [1.807, 2.05) is 0 Å². The maximum Gasteiger partial charge on any atom is 0.416 e. The van der Waals surface area contributed by atoms with Gasteiger partial charge in [-0.15, -0.1) is 5.10 Å². The number of hydrogen-bond acceptors (Lipinski definition) is 7. The van der Waals surface area contributed by atoms with Gasteiger partial charge in [-0.1, -0.05) is 23.9 Å². The second-order valence-electron chi connectivity index (χ2n) is 8.35. The Kier molecular flexibility index (Phi) is 8.64. The lowest BCUT2D eigenvalue weighted by molar-refractivity contribution is -0.235. The Hall–Kier alpha value is -3.39. The van der Waals surface area contributed by atoms with Gasteiger partial charge in [-0.2, -0.15) is 13.2 Å². The summed E-state index contributed by atoms with van der Waals surface area (Å²) in [5.74, 6) is -1.50. The first-order chi connectivity index (χ1) is 17.4. The molecule has 3 N–H and O–H groups in total. The van der Waals surface area contributed by atoms with E-state index in [9.17, 15) is 37.7 Å². The molecule has 13 heteroatoms. The molecule has 1 aliphatic rings. The average molecular weight is 526 g/mol. The number of hydrogen-bond donors (Lipinski definition) is 3. The number of ether oxygens (including phenoxy) is 1. The summed E-state index contributed by atoms with van der Waals surface area (Å²) in [7, 11) is 1.20. The molecule has 9 nitrogen and oxygen atoms in total. The highest BCUT2D eigenvalue weighted by Crippen LogP contribution is 2.33. The third-order valence-electron chi connectivity index (χ3n) is 5.79. The number of rotatable bonds is 7. The van der Waals surface area contributed by atoms with Gasteiger partial charge < -0.3 is 25.0 Å². The smallest absolute Gasteiger partial charge is 0.394 e. The van der Waals surface area contributed by atoms with Crippen molar-refractivity contribution in [2.24, 2.45) is 0 Å². The second kappa shape index (κ2) is 11.3. The van der Waals surface area contributed by atoms with Crippen LogP contribution < -0.4 is 0 Å². The van der Waals surface area contributed by atoms with Crippen LogP contribution in [0.2, 0.25) is 0 Å². The predicted octanol–water partition coefficient (Wildman–Crippen LogP) is 2.49. The lowest BCUT2D eigenvalue weighted by atomic mass is 9.94. The van der Waals surface area contributed by atoms with Crippen molar-refractivity contribution < 1.29 is 42.4 Å². The fourth-order valence-electron chi connectivity index (χ4n) is 3.88. The Balaban J connectivity index is 1.90. The Morgan fingerprint density at radius 1 is 1.30 bits per heavy atom. The maximum absolute atomic E-state index is 13.8. The molecule has 200 valence electrons. The van der Waals surface area contributed by atoms with Crippen molar-refractivity contribution in [3.05, 3.63) is 77.9 Å². The predicted molar refractivity (Wildman–Crippen MR) is 123 cm³/mol. The Bertz CT molecular complexity index is 1200. The van der Waals surface area contributed by atoms with E-state index in [0.29, 0.717) is 6.07 Å². The summed E-state index contributed by atoms with van der Waals surface area (Å²) >= 11 is 0. The highest BCUT2D eigenvalue weighted by Gasteiger charge is 2.48. The number of aliphatic hydroxyl groups is 3. The van der Waals surface area contributed by atoms with Crippen LogP contribution in [-0.2, 0) is 10.9 Å². The minimum Gasteiger partial charge on any atom is -0.394 e. The Morgan fingerprint density at radius 3 is 2.62 bits per heavy atom. The number of amides is 1. The first kappa shape index (κ1) is 28.2. The Labute approximate surface area is 209 Å². The summed E-state index contributed by atoms with van der Waals surface area (Å²) in [6.45, 7) is 4.63. The number of likely N-dealkylation sites (N-methyl/N-ethyl adjacent to an activating group) is 1. The zero-order chi connectivity index (χ0) is 27.5. The molecule has 1 aromatic carbocycles. The van der Waals surface area contributed by atoms with Crippen molar-refractivity contribution >= 4 is 11.5 Å². The summed E-state index contributed by atoms with van der Waals surface area (Å²) in [4.78, 5) is 13.9. The molecule has 0 spiro atoms. The quantitative estimate of drug-likeness (QED) is 0.375. The second-order valence-corrected chi connectivity index (χ2v) is 8.35. The molecule has 1 saturated heterocycles. The molecule has 0 aliphatic carbocycles. The van der Waals surface area contributed by atoms with E-state index in [1.165, 1.54) is 31.5 Å². The van der Waals surface area contributed by atoms with Gasteiger partial charge in [-0.25, -0.2) is 9.07 Å². The monoisotopic (exact) mass is 526 g/mol. The first-order valence-corrected chi connectivity index (χ1v) is 11.1. The van der Waals surface area contributed by atoms with E-state index < -0.39 is 60.7 Å². The van der Waals surface area contributed by atoms with E-state index in [0.717, 1.165) is 27.8 Å².